The van der Waals surface area contributed by atoms with Crippen LogP contribution in [0.15, 0.2) is 121 Å². The molecule has 0 aliphatic heterocycles. The Hall–Kier alpha value is -5.61. The van der Waals surface area contributed by atoms with Crippen LogP contribution >= 0.6 is 0 Å². The molecule has 2 N–H and O–H groups in total. The van der Waals surface area contributed by atoms with Crippen molar-refractivity contribution in [3.05, 3.63) is 149 Å². The van der Waals surface area contributed by atoms with Crippen molar-refractivity contribution in [1.29, 1.82) is 0 Å². The predicted octanol–water partition coefficient (Wildman–Crippen LogP) is 7.06. The van der Waals surface area contributed by atoms with Crippen molar-refractivity contribution >= 4 is 33.2 Å². The molecule has 0 amide bonds. The normalized spacial score (nSPS) is 11.0. The number of benzene rings is 5. The van der Waals surface area contributed by atoms with Crippen LogP contribution in [0, 0.1) is 6.92 Å². The molecule has 9 nitrogen and oxygen atoms in total. The zero-order valence-corrected chi connectivity index (χ0v) is 26.7. The summed E-state index contributed by atoms with van der Waals surface area (Å²) in [6.45, 7) is 2.41. The molecule has 47 heavy (non-hydrogen) atoms. The third-order valence-corrected chi connectivity index (χ3v) is 7.86. The number of carboxylic acid groups (broad SMARTS) is 1. The lowest BCUT2D eigenvalue weighted by Crippen LogP contribution is -2.23. The van der Waals surface area contributed by atoms with Crippen molar-refractivity contribution in [1.82, 2.24) is 0 Å². The van der Waals surface area contributed by atoms with Gasteiger partial charge < -0.3 is 19.5 Å². The summed E-state index contributed by atoms with van der Waals surface area (Å²) in [5.74, 6) is 0.362. The maximum Gasteiger partial charge on any atom is 0.341 e. The van der Waals surface area contributed by atoms with E-state index in [9.17, 15) is 18.0 Å². The largest absolute Gasteiger partial charge is 0.482 e. The fourth-order valence-corrected chi connectivity index (χ4v) is 5.65. The zero-order valence-electron chi connectivity index (χ0n) is 25.9. The van der Waals surface area contributed by atoms with Gasteiger partial charge in [-0.05, 0) is 60.0 Å². The molecule has 0 unspecified atom stereocenters. The standard InChI is InChI=1S/C37H34N2O7S/c1-26-34(38-47(2,43)44)12-7-13-35(26)39(23-27-14-18-30(19-15-27)37(42)29-8-4-3-5-9-29)24-28-16-20-31(21-17-28)46-33-11-6-10-32(22-33)45-25-36(40)41/h3-22,38H,23-25H2,1-2H3,(H,40,41). The number of aliphatic carboxylic acids is 1. The van der Waals surface area contributed by atoms with Gasteiger partial charge in [-0.25, -0.2) is 13.2 Å². The SMILES string of the molecule is Cc1c(NS(C)(=O)=O)cccc1N(Cc1ccc(Oc2cccc(OCC(=O)O)c2)cc1)Cc1ccc(C(=O)c2ccccc2)cc1. The van der Waals surface area contributed by atoms with Gasteiger partial charge in [-0.2, -0.15) is 0 Å². The van der Waals surface area contributed by atoms with E-state index < -0.39 is 22.6 Å². The van der Waals surface area contributed by atoms with Crippen molar-refractivity contribution in [2.45, 2.75) is 20.0 Å². The molecule has 0 aromatic heterocycles. The van der Waals surface area contributed by atoms with Crippen LogP contribution in [0.1, 0.15) is 32.6 Å². The fourth-order valence-electron chi connectivity index (χ4n) is 5.03. The minimum absolute atomic E-state index is 0.0498. The number of carbonyl (C=O) groups excluding carboxylic acids is 1. The Morgan fingerprint density at radius 2 is 1.32 bits per heavy atom. The second kappa shape index (κ2) is 14.7. The molecule has 0 spiro atoms. The van der Waals surface area contributed by atoms with Crippen molar-refractivity contribution in [3.8, 4) is 17.2 Å². The number of sulfonamides is 1. The van der Waals surface area contributed by atoms with E-state index in [1.807, 2.05) is 85.8 Å². The molecule has 0 heterocycles. The predicted molar refractivity (Wildman–Crippen MR) is 182 cm³/mol. The van der Waals surface area contributed by atoms with E-state index in [1.54, 1.807) is 42.5 Å². The lowest BCUT2D eigenvalue weighted by Gasteiger charge is -2.28. The number of carboxylic acids is 1. The number of hydrogen-bond donors (Lipinski definition) is 2. The topological polar surface area (TPSA) is 122 Å². The van der Waals surface area contributed by atoms with E-state index >= 15 is 0 Å². The van der Waals surface area contributed by atoms with Crippen molar-refractivity contribution < 1.29 is 32.6 Å². The van der Waals surface area contributed by atoms with E-state index in [0.717, 1.165) is 28.6 Å². The van der Waals surface area contributed by atoms with Crippen LogP contribution in [0.2, 0.25) is 0 Å². The maximum absolute atomic E-state index is 12.9. The first-order chi connectivity index (χ1) is 22.5. The lowest BCUT2D eigenvalue weighted by molar-refractivity contribution is -0.139. The van der Waals surface area contributed by atoms with E-state index in [1.165, 1.54) is 0 Å². The van der Waals surface area contributed by atoms with E-state index in [2.05, 4.69) is 9.62 Å². The van der Waals surface area contributed by atoms with Gasteiger partial charge >= 0.3 is 5.97 Å². The first kappa shape index (κ1) is 32.8. The highest BCUT2D eigenvalue weighted by atomic mass is 32.2. The molecule has 0 saturated carbocycles. The first-order valence-corrected chi connectivity index (χ1v) is 16.7. The highest BCUT2D eigenvalue weighted by molar-refractivity contribution is 7.92. The summed E-state index contributed by atoms with van der Waals surface area (Å²) in [6.07, 6.45) is 1.12. The molecule has 5 aromatic carbocycles. The number of anilines is 2. The number of nitrogens with one attached hydrogen (secondary N) is 1. The van der Waals surface area contributed by atoms with Gasteiger partial charge in [0.2, 0.25) is 10.0 Å². The molecule has 10 heteroatoms. The molecule has 240 valence electrons. The van der Waals surface area contributed by atoms with Gasteiger partial charge in [0.05, 0.1) is 11.9 Å². The number of hydrogen-bond acceptors (Lipinski definition) is 7. The Labute approximate surface area is 274 Å². The zero-order chi connectivity index (χ0) is 33.4. The lowest BCUT2D eigenvalue weighted by atomic mass is 10.0. The molecule has 0 aliphatic carbocycles. The second-order valence-electron chi connectivity index (χ2n) is 11.0. The summed E-state index contributed by atoms with van der Waals surface area (Å²) in [5, 5.41) is 8.87. The summed E-state index contributed by atoms with van der Waals surface area (Å²) in [7, 11) is -3.48. The highest BCUT2D eigenvalue weighted by Gasteiger charge is 2.16. The van der Waals surface area contributed by atoms with Crippen LogP contribution in [0.5, 0.6) is 17.2 Å². The monoisotopic (exact) mass is 650 g/mol. The average Bonchev–Trinajstić information content (AvgIpc) is 3.05. The molecule has 0 atom stereocenters. The molecule has 0 saturated heterocycles. The molecular formula is C37H34N2O7S. The Bertz CT molecular complexity index is 1960. The third kappa shape index (κ3) is 9.21. The number of ketones is 1. The van der Waals surface area contributed by atoms with Crippen LogP contribution in [-0.2, 0) is 27.9 Å². The Morgan fingerprint density at radius 1 is 0.723 bits per heavy atom. The smallest absolute Gasteiger partial charge is 0.341 e. The van der Waals surface area contributed by atoms with Crippen molar-refractivity contribution in [2.24, 2.45) is 0 Å². The first-order valence-electron chi connectivity index (χ1n) is 14.8. The quantitative estimate of drug-likeness (QED) is 0.123. The van der Waals surface area contributed by atoms with E-state index in [0.29, 0.717) is 47.2 Å². The third-order valence-electron chi connectivity index (χ3n) is 7.27. The summed E-state index contributed by atoms with van der Waals surface area (Å²) in [4.78, 5) is 25.9. The fraction of sp³-hybridized carbons (Fsp3) is 0.135. The molecule has 0 bridgehead atoms. The second-order valence-corrected chi connectivity index (χ2v) is 12.7. The van der Waals surface area contributed by atoms with Crippen LogP contribution in [-0.4, -0.2) is 38.1 Å². The average molecular weight is 651 g/mol. The number of nitrogens with zero attached hydrogens (tertiary/aromatic N) is 1. The minimum Gasteiger partial charge on any atom is -0.482 e. The van der Waals surface area contributed by atoms with Crippen LogP contribution in [0.25, 0.3) is 0 Å². The molecule has 0 aliphatic rings. The van der Waals surface area contributed by atoms with Crippen LogP contribution in [0.3, 0.4) is 0 Å². The summed E-state index contributed by atoms with van der Waals surface area (Å²) in [6, 6.07) is 36.5. The summed E-state index contributed by atoms with van der Waals surface area (Å²) < 4.78 is 37.9. The van der Waals surface area contributed by atoms with Gasteiger partial charge in [0.1, 0.15) is 17.2 Å². The minimum atomic E-state index is -3.48. The summed E-state index contributed by atoms with van der Waals surface area (Å²) >= 11 is 0. The molecule has 5 rings (SSSR count). The van der Waals surface area contributed by atoms with Crippen LogP contribution < -0.4 is 19.1 Å². The Balaban J connectivity index is 1.37. The highest BCUT2D eigenvalue weighted by Crippen LogP contribution is 2.31. The van der Waals surface area contributed by atoms with Crippen molar-refractivity contribution in [2.75, 3.05) is 22.5 Å². The van der Waals surface area contributed by atoms with Crippen LogP contribution in [0.4, 0.5) is 11.4 Å². The van der Waals surface area contributed by atoms with Gasteiger partial charge in [0.15, 0.2) is 12.4 Å². The molecular weight excluding hydrogens is 616 g/mol. The van der Waals surface area contributed by atoms with E-state index in [-0.39, 0.29) is 5.78 Å². The molecule has 5 aromatic rings. The molecule has 0 radical (unpaired) electrons. The van der Waals surface area contributed by atoms with Gasteiger partial charge in [-0.1, -0.05) is 78.9 Å². The maximum atomic E-state index is 12.9. The van der Waals surface area contributed by atoms with Gasteiger partial charge in [-0.15, -0.1) is 0 Å². The van der Waals surface area contributed by atoms with Gasteiger partial charge in [-0.3, -0.25) is 9.52 Å². The van der Waals surface area contributed by atoms with E-state index in [4.69, 9.17) is 14.6 Å². The number of ether oxygens (including phenoxy) is 2. The number of carbonyl (C=O) groups is 2. The number of rotatable bonds is 14. The van der Waals surface area contributed by atoms with Gasteiger partial charge in [0, 0.05) is 36.0 Å². The Kier molecular flexibility index (Phi) is 10.2. The van der Waals surface area contributed by atoms with Crippen molar-refractivity contribution in [3.63, 3.8) is 0 Å². The van der Waals surface area contributed by atoms with Gasteiger partial charge in [0.25, 0.3) is 0 Å². The molecule has 0 fully saturated rings. The Morgan fingerprint density at radius 3 is 1.96 bits per heavy atom. The summed E-state index contributed by atoms with van der Waals surface area (Å²) in [5.41, 5.74) is 5.29.